The third-order valence-electron chi connectivity index (χ3n) is 5.91. The zero-order valence-electron chi connectivity index (χ0n) is 16.0. The normalized spacial score (nSPS) is 18.6. The Labute approximate surface area is 160 Å². The molecule has 1 aromatic carbocycles. The Hall–Kier alpha value is -2.34. The van der Waals surface area contributed by atoms with Crippen LogP contribution in [0, 0.1) is 0 Å². The molecule has 2 aromatic rings. The number of carbonyl (C=O) groups excluding carboxylic acids is 1. The highest BCUT2D eigenvalue weighted by atomic mass is 16.5. The smallest absolute Gasteiger partial charge is 0.230 e. The van der Waals surface area contributed by atoms with Crippen molar-refractivity contribution in [1.29, 1.82) is 0 Å². The second kappa shape index (κ2) is 7.72. The fourth-order valence-corrected chi connectivity index (χ4v) is 4.38. The maximum absolute atomic E-state index is 13.2. The Kier molecular flexibility index (Phi) is 5.16. The van der Waals surface area contributed by atoms with E-state index in [1.165, 1.54) is 5.69 Å². The Morgan fingerprint density at radius 3 is 2.78 bits per heavy atom. The van der Waals surface area contributed by atoms with Crippen LogP contribution in [0.25, 0.3) is 0 Å². The van der Waals surface area contributed by atoms with Crippen LogP contribution in [-0.4, -0.2) is 29.3 Å². The van der Waals surface area contributed by atoms with Gasteiger partial charge in [-0.3, -0.25) is 9.48 Å². The van der Waals surface area contributed by atoms with Crippen LogP contribution < -0.4 is 15.4 Å². The molecule has 2 N–H and O–H groups in total. The lowest BCUT2D eigenvalue weighted by Gasteiger charge is -2.28. The molecule has 6 nitrogen and oxygen atoms in total. The van der Waals surface area contributed by atoms with Gasteiger partial charge in [0.1, 0.15) is 5.75 Å². The summed E-state index contributed by atoms with van der Waals surface area (Å²) in [4.78, 5) is 13.2. The molecule has 1 aliphatic carbocycles. The lowest BCUT2D eigenvalue weighted by molar-refractivity contribution is -0.126. The predicted octanol–water partition coefficient (Wildman–Crippen LogP) is 2.51. The molecule has 1 aliphatic heterocycles. The van der Waals surface area contributed by atoms with Gasteiger partial charge in [-0.2, -0.15) is 5.10 Å². The molecule has 144 valence electrons. The molecule has 0 saturated heterocycles. The van der Waals surface area contributed by atoms with Crippen LogP contribution >= 0.6 is 0 Å². The number of hydrogen-bond acceptors (Lipinski definition) is 4. The average molecular weight is 368 g/mol. The summed E-state index contributed by atoms with van der Waals surface area (Å²) in [6.07, 6.45) is 5.05. The molecule has 27 heavy (non-hydrogen) atoms. The fraction of sp³-hybridized carbons (Fsp3) is 0.524. The summed E-state index contributed by atoms with van der Waals surface area (Å²) in [5.41, 5.74) is 2.79. The van der Waals surface area contributed by atoms with Crippen LogP contribution in [0.5, 0.6) is 5.75 Å². The highest BCUT2D eigenvalue weighted by molar-refractivity contribution is 5.88. The first-order chi connectivity index (χ1) is 13.2. The number of aryl methyl sites for hydroxylation is 1. The van der Waals surface area contributed by atoms with E-state index in [9.17, 15) is 4.79 Å². The number of methoxy groups -OCH3 is 1. The van der Waals surface area contributed by atoms with Gasteiger partial charge >= 0.3 is 0 Å². The van der Waals surface area contributed by atoms with Crippen molar-refractivity contribution in [3.8, 4) is 5.75 Å². The minimum atomic E-state index is -0.426. The summed E-state index contributed by atoms with van der Waals surface area (Å²) in [7, 11) is 1.66. The monoisotopic (exact) mass is 368 g/mol. The van der Waals surface area contributed by atoms with Crippen LogP contribution in [0.4, 0.5) is 0 Å². The van der Waals surface area contributed by atoms with Gasteiger partial charge in [0.2, 0.25) is 5.91 Å². The van der Waals surface area contributed by atoms with Gasteiger partial charge in [-0.05, 0) is 49.6 Å². The molecular formula is C21H28N4O2. The Morgan fingerprint density at radius 2 is 2.04 bits per heavy atom. The zero-order chi connectivity index (χ0) is 18.7. The minimum absolute atomic E-state index is 0.117. The second-order valence-corrected chi connectivity index (χ2v) is 7.58. The first-order valence-electron chi connectivity index (χ1n) is 9.90. The van der Waals surface area contributed by atoms with E-state index in [4.69, 9.17) is 4.74 Å². The Balaban J connectivity index is 1.48. The van der Waals surface area contributed by atoms with Crippen molar-refractivity contribution in [3.63, 3.8) is 0 Å². The van der Waals surface area contributed by atoms with Crippen LogP contribution in [0.15, 0.2) is 30.3 Å². The first-order valence-corrected chi connectivity index (χ1v) is 9.90. The highest BCUT2D eigenvalue weighted by Gasteiger charge is 2.42. The molecule has 1 fully saturated rings. The van der Waals surface area contributed by atoms with Crippen molar-refractivity contribution in [3.05, 3.63) is 47.3 Å². The van der Waals surface area contributed by atoms with Gasteiger partial charge in [0.15, 0.2) is 0 Å². The largest absolute Gasteiger partial charge is 0.497 e. The SMILES string of the molecule is COc1ccc(C2(C(=O)NCc3cc4n(n3)CCCNC4)CCCC2)cc1. The number of amides is 1. The number of benzene rings is 1. The Morgan fingerprint density at radius 1 is 1.26 bits per heavy atom. The summed E-state index contributed by atoms with van der Waals surface area (Å²) in [5, 5.41) is 11.2. The van der Waals surface area contributed by atoms with E-state index in [1.807, 2.05) is 24.3 Å². The molecule has 0 spiro atoms. The van der Waals surface area contributed by atoms with Crippen LogP contribution in [0.2, 0.25) is 0 Å². The van der Waals surface area contributed by atoms with E-state index in [0.29, 0.717) is 6.54 Å². The summed E-state index contributed by atoms with van der Waals surface area (Å²) in [5.74, 6) is 0.937. The number of nitrogens with zero attached hydrogens (tertiary/aromatic N) is 2. The number of nitrogens with one attached hydrogen (secondary N) is 2. The Bertz CT molecular complexity index is 768. The highest BCUT2D eigenvalue weighted by Crippen LogP contribution is 2.41. The van der Waals surface area contributed by atoms with Crippen molar-refractivity contribution >= 4 is 5.91 Å². The van der Waals surface area contributed by atoms with Crippen molar-refractivity contribution in [1.82, 2.24) is 20.4 Å². The van der Waals surface area contributed by atoms with E-state index < -0.39 is 5.41 Å². The molecule has 0 atom stereocenters. The number of ether oxygens (including phenoxy) is 1. The summed E-state index contributed by atoms with van der Waals surface area (Å²) >= 11 is 0. The second-order valence-electron chi connectivity index (χ2n) is 7.58. The average Bonchev–Trinajstić information content (AvgIpc) is 3.29. The summed E-state index contributed by atoms with van der Waals surface area (Å²) in [6.45, 7) is 3.29. The van der Waals surface area contributed by atoms with Gasteiger partial charge in [-0.15, -0.1) is 0 Å². The van der Waals surface area contributed by atoms with E-state index in [-0.39, 0.29) is 5.91 Å². The topological polar surface area (TPSA) is 68.2 Å². The molecule has 6 heteroatoms. The molecule has 1 aromatic heterocycles. The lowest BCUT2D eigenvalue weighted by atomic mass is 9.78. The number of rotatable bonds is 5. The molecule has 2 heterocycles. The standard InChI is InChI=1S/C21H28N4O2/c1-27-19-7-5-16(6-8-19)21(9-2-3-10-21)20(26)23-14-17-13-18-15-22-11-4-12-25(18)24-17/h5-8,13,22H,2-4,9-12,14-15H2,1H3,(H,23,26). The number of hydrogen-bond donors (Lipinski definition) is 2. The van der Waals surface area contributed by atoms with Gasteiger partial charge in [0.05, 0.1) is 30.5 Å². The van der Waals surface area contributed by atoms with Gasteiger partial charge in [-0.25, -0.2) is 0 Å². The van der Waals surface area contributed by atoms with Crippen molar-refractivity contribution in [2.75, 3.05) is 13.7 Å². The number of aromatic nitrogens is 2. The summed E-state index contributed by atoms with van der Waals surface area (Å²) in [6, 6.07) is 10.1. The number of fused-ring (bicyclic) bond motifs is 1. The van der Waals surface area contributed by atoms with Gasteiger partial charge in [0, 0.05) is 13.1 Å². The molecule has 1 amide bonds. The molecule has 2 aliphatic rings. The fourth-order valence-electron chi connectivity index (χ4n) is 4.38. The summed E-state index contributed by atoms with van der Waals surface area (Å²) < 4.78 is 7.33. The van der Waals surface area contributed by atoms with Crippen molar-refractivity contribution in [2.45, 2.75) is 57.2 Å². The zero-order valence-corrected chi connectivity index (χ0v) is 16.0. The first kappa shape index (κ1) is 18.0. The van der Waals surface area contributed by atoms with Crippen molar-refractivity contribution < 1.29 is 9.53 Å². The van der Waals surface area contributed by atoms with E-state index >= 15 is 0 Å². The predicted molar refractivity (Wildman–Crippen MR) is 104 cm³/mol. The maximum atomic E-state index is 13.2. The van der Waals surface area contributed by atoms with Gasteiger partial charge < -0.3 is 15.4 Å². The molecule has 0 bridgehead atoms. The van der Waals surface area contributed by atoms with Gasteiger partial charge in [-0.1, -0.05) is 25.0 Å². The lowest BCUT2D eigenvalue weighted by Crippen LogP contribution is -2.42. The van der Waals surface area contributed by atoms with Gasteiger partial charge in [0.25, 0.3) is 0 Å². The molecule has 0 unspecified atom stereocenters. The molecule has 1 saturated carbocycles. The maximum Gasteiger partial charge on any atom is 0.230 e. The van der Waals surface area contributed by atoms with Crippen LogP contribution in [0.3, 0.4) is 0 Å². The minimum Gasteiger partial charge on any atom is -0.497 e. The molecular weight excluding hydrogens is 340 g/mol. The van der Waals surface area contributed by atoms with E-state index in [0.717, 1.165) is 68.7 Å². The molecule has 0 radical (unpaired) electrons. The molecule has 4 rings (SSSR count). The van der Waals surface area contributed by atoms with Crippen molar-refractivity contribution in [2.24, 2.45) is 0 Å². The quantitative estimate of drug-likeness (QED) is 0.851. The van der Waals surface area contributed by atoms with E-state index in [2.05, 4.69) is 26.5 Å². The number of carbonyl (C=O) groups is 1. The van der Waals surface area contributed by atoms with Crippen LogP contribution in [0.1, 0.15) is 49.1 Å². The third-order valence-corrected chi connectivity index (χ3v) is 5.91. The third kappa shape index (κ3) is 3.58. The van der Waals surface area contributed by atoms with Crippen LogP contribution in [-0.2, 0) is 29.8 Å². The van der Waals surface area contributed by atoms with E-state index in [1.54, 1.807) is 7.11 Å².